The maximum atomic E-state index is 10.7. The van der Waals surface area contributed by atoms with E-state index < -0.39 is 5.97 Å². The lowest BCUT2D eigenvalue weighted by Crippen LogP contribution is -2.30. The van der Waals surface area contributed by atoms with E-state index in [9.17, 15) is 4.79 Å². The molecule has 0 saturated carbocycles. The number of carboxylic acids is 1. The fraction of sp³-hybridized carbons (Fsp3) is 0.375. The lowest BCUT2D eigenvalue weighted by molar-refractivity contribution is -0.141. The Morgan fingerprint density at radius 3 is 2.92 bits per heavy atom. The predicted octanol–water partition coefficient (Wildman–Crippen LogP) is 2.24. The molecule has 1 aliphatic rings. The second-order valence-corrected chi connectivity index (χ2v) is 4.87. The van der Waals surface area contributed by atoms with Crippen LogP contribution in [0.2, 0.25) is 0 Å². The molecule has 0 radical (unpaired) electrons. The van der Waals surface area contributed by atoms with Gasteiger partial charge in [0.2, 0.25) is 0 Å². The molecular formula is C8H8O2S2. The summed E-state index contributed by atoms with van der Waals surface area (Å²) in [6, 6.07) is 3.98. The molecule has 0 aliphatic carbocycles. The Bertz CT molecular complexity index is 281. The second kappa shape index (κ2) is 3.11. The Morgan fingerprint density at radius 1 is 1.67 bits per heavy atom. The van der Waals surface area contributed by atoms with E-state index in [-0.39, 0.29) is 11.2 Å². The number of hydrogen-bond acceptors (Lipinski definition) is 3. The lowest BCUT2D eigenvalue weighted by atomic mass is 10.1. The van der Waals surface area contributed by atoms with Gasteiger partial charge in [0.15, 0.2) is 0 Å². The van der Waals surface area contributed by atoms with Gasteiger partial charge in [0.05, 0.1) is 11.2 Å². The van der Waals surface area contributed by atoms with E-state index in [0.717, 1.165) is 5.75 Å². The maximum Gasteiger partial charge on any atom is 0.308 e. The number of thiophene rings is 1. The second-order valence-electron chi connectivity index (χ2n) is 2.71. The number of aliphatic carboxylic acids is 1. The van der Waals surface area contributed by atoms with Crippen LogP contribution in [0.25, 0.3) is 0 Å². The van der Waals surface area contributed by atoms with Crippen LogP contribution in [0.5, 0.6) is 0 Å². The van der Waals surface area contributed by atoms with Crippen molar-refractivity contribution in [1.29, 1.82) is 0 Å². The number of carboxylic acid groups (broad SMARTS) is 1. The third-order valence-corrected chi connectivity index (χ3v) is 4.56. The summed E-state index contributed by atoms with van der Waals surface area (Å²) in [5.74, 6) is -0.0569. The highest BCUT2D eigenvalue weighted by Crippen LogP contribution is 2.48. The molecule has 0 spiro atoms. The molecule has 1 saturated heterocycles. The van der Waals surface area contributed by atoms with E-state index in [1.54, 1.807) is 23.1 Å². The molecular weight excluding hydrogens is 192 g/mol. The summed E-state index contributed by atoms with van der Waals surface area (Å²) >= 11 is 3.37. The molecule has 1 fully saturated rings. The number of thioether (sulfide) groups is 1. The van der Waals surface area contributed by atoms with Crippen LogP contribution in [0.15, 0.2) is 17.5 Å². The van der Waals surface area contributed by atoms with E-state index in [2.05, 4.69) is 0 Å². The fourth-order valence-corrected chi connectivity index (χ4v) is 3.44. The monoisotopic (exact) mass is 200 g/mol. The minimum absolute atomic E-state index is 0.159. The van der Waals surface area contributed by atoms with Crippen LogP contribution in [-0.4, -0.2) is 16.8 Å². The highest BCUT2D eigenvalue weighted by molar-refractivity contribution is 8.01. The Hall–Kier alpha value is -0.480. The Kier molecular flexibility index (Phi) is 2.11. The van der Waals surface area contributed by atoms with Crippen LogP contribution in [0.3, 0.4) is 0 Å². The zero-order chi connectivity index (χ0) is 8.55. The first-order chi connectivity index (χ1) is 5.79. The summed E-state index contributed by atoms with van der Waals surface area (Å²) in [4.78, 5) is 11.9. The van der Waals surface area contributed by atoms with Crippen molar-refractivity contribution in [2.75, 3.05) is 5.75 Å². The van der Waals surface area contributed by atoms with Crippen molar-refractivity contribution >= 4 is 29.1 Å². The maximum absolute atomic E-state index is 10.7. The van der Waals surface area contributed by atoms with Crippen molar-refractivity contribution in [1.82, 2.24) is 0 Å². The summed E-state index contributed by atoms with van der Waals surface area (Å²) in [6.07, 6.45) is 0. The van der Waals surface area contributed by atoms with Gasteiger partial charge in [-0.25, -0.2) is 0 Å². The third-order valence-electron chi connectivity index (χ3n) is 1.96. The molecule has 2 nitrogen and oxygen atoms in total. The minimum Gasteiger partial charge on any atom is -0.481 e. The van der Waals surface area contributed by atoms with Gasteiger partial charge in [0, 0.05) is 10.6 Å². The topological polar surface area (TPSA) is 37.3 Å². The molecule has 12 heavy (non-hydrogen) atoms. The van der Waals surface area contributed by atoms with Crippen LogP contribution >= 0.6 is 23.1 Å². The van der Waals surface area contributed by atoms with Crippen molar-refractivity contribution in [3.8, 4) is 0 Å². The summed E-state index contributed by atoms with van der Waals surface area (Å²) in [5, 5.41) is 11.0. The van der Waals surface area contributed by atoms with Gasteiger partial charge in [-0.2, -0.15) is 11.8 Å². The fourth-order valence-electron chi connectivity index (χ4n) is 1.22. The van der Waals surface area contributed by atoms with Gasteiger partial charge in [-0.3, -0.25) is 4.79 Å². The molecule has 2 atom stereocenters. The summed E-state index contributed by atoms with van der Waals surface area (Å²) in [6.45, 7) is 0. The molecule has 1 N–H and O–H groups in total. The summed E-state index contributed by atoms with van der Waals surface area (Å²) in [7, 11) is 0. The van der Waals surface area contributed by atoms with Gasteiger partial charge in [-0.15, -0.1) is 11.3 Å². The molecule has 1 aromatic heterocycles. The lowest BCUT2D eigenvalue weighted by Gasteiger charge is -2.31. The van der Waals surface area contributed by atoms with Gasteiger partial charge in [-0.05, 0) is 11.4 Å². The van der Waals surface area contributed by atoms with Crippen molar-refractivity contribution in [2.45, 2.75) is 5.25 Å². The van der Waals surface area contributed by atoms with E-state index in [1.807, 2.05) is 17.5 Å². The Labute approximate surface area is 78.6 Å². The quantitative estimate of drug-likeness (QED) is 0.795. The molecule has 64 valence electrons. The number of carbonyl (C=O) groups is 1. The Balaban J connectivity index is 2.12. The van der Waals surface area contributed by atoms with Gasteiger partial charge >= 0.3 is 5.97 Å². The molecule has 0 aromatic carbocycles. The van der Waals surface area contributed by atoms with Crippen LogP contribution in [-0.2, 0) is 4.79 Å². The van der Waals surface area contributed by atoms with Crippen molar-refractivity contribution in [2.24, 2.45) is 5.92 Å². The molecule has 2 heterocycles. The molecule has 1 aromatic rings. The summed E-state index contributed by atoms with van der Waals surface area (Å²) in [5.41, 5.74) is 0. The van der Waals surface area contributed by atoms with Crippen LogP contribution in [0.1, 0.15) is 10.1 Å². The molecule has 0 amide bonds. The zero-order valence-corrected chi connectivity index (χ0v) is 7.90. The number of rotatable bonds is 2. The molecule has 0 bridgehead atoms. The standard InChI is InChI=1S/C8H8O2S2/c9-8(10)5-4-12-7(5)6-2-1-3-11-6/h1-3,5,7H,4H2,(H,9,10). The molecule has 2 unspecified atom stereocenters. The van der Waals surface area contributed by atoms with Gasteiger partial charge in [0.25, 0.3) is 0 Å². The van der Waals surface area contributed by atoms with Crippen molar-refractivity contribution in [3.05, 3.63) is 22.4 Å². The zero-order valence-electron chi connectivity index (χ0n) is 6.27. The van der Waals surface area contributed by atoms with Gasteiger partial charge in [0.1, 0.15) is 0 Å². The average Bonchev–Trinajstić information content (AvgIpc) is 2.35. The molecule has 1 aliphatic heterocycles. The van der Waals surface area contributed by atoms with E-state index in [0.29, 0.717) is 0 Å². The van der Waals surface area contributed by atoms with Crippen LogP contribution < -0.4 is 0 Å². The average molecular weight is 200 g/mol. The predicted molar refractivity (Wildman–Crippen MR) is 50.6 cm³/mol. The van der Waals surface area contributed by atoms with Gasteiger partial charge < -0.3 is 5.11 Å². The molecule has 2 rings (SSSR count). The highest BCUT2D eigenvalue weighted by atomic mass is 32.2. The first-order valence-corrected chi connectivity index (χ1v) is 5.59. The normalized spacial score (nSPS) is 28.0. The van der Waals surface area contributed by atoms with E-state index in [1.165, 1.54) is 4.88 Å². The Morgan fingerprint density at radius 2 is 2.50 bits per heavy atom. The molecule has 4 heteroatoms. The van der Waals surface area contributed by atoms with Crippen LogP contribution in [0.4, 0.5) is 0 Å². The smallest absolute Gasteiger partial charge is 0.308 e. The van der Waals surface area contributed by atoms with Crippen molar-refractivity contribution < 1.29 is 9.90 Å². The van der Waals surface area contributed by atoms with Crippen LogP contribution in [0, 0.1) is 5.92 Å². The SMILES string of the molecule is O=C(O)C1CSC1c1cccs1. The number of hydrogen-bond donors (Lipinski definition) is 1. The first-order valence-electron chi connectivity index (χ1n) is 3.67. The largest absolute Gasteiger partial charge is 0.481 e. The highest BCUT2D eigenvalue weighted by Gasteiger charge is 2.38. The van der Waals surface area contributed by atoms with E-state index in [4.69, 9.17) is 5.11 Å². The summed E-state index contributed by atoms with van der Waals surface area (Å²) < 4.78 is 0. The first kappa shape index (κ1) is 8.13. The van der Waals surface area contributed by atoms with Gasteiger partial charge in [-0.1, -0.05) is 6.07 Å². The van der Waals surface area contributed by atoms with Crippen molar-refractivity contribution in [3.63, 3.8) is 0 Å². The van der Waals surface area contributed by atoms with E-state index >= 15 is 0 Å². The minimum atomic E-state index is -0.660. The third kappa shape index (κ3) is 1.25.